The lowest BCUT2D eigenvalue weighted by atomic mass is 9.93. The van der Waals surface area contributed by atoms with Crippen molar-refractivity contribution in [3.63, 3.8) is 0 Å². The topological polar surface area (TPSA) is 117 Å². The number of carbonyl (C=O) groups is 1. The molecule has 2 aromatic heterocycles. The molecule has 0 amide bonds. The molecule has 0 fully saturated rings. The van der Waals surface area contributed by atoms with Crippen molar-refractivity contribution in [3.05, 3.63) is 118 Å². The molecular formula is C30H26ClN3O6S. The van der Waals surface area contributed by atoms with E-state index < -0.39 is 16.9 Å². The fourth-order valence-corrected chi connectivity index (χ4v) is 5.93. The van der Waals surface area contributed by atoms with Gasteiger partial charge >= 0.3 is 5.97 Å². The Morgan fingerprint density at radius 2 is 1.95 bits per heavy atom. The summed E-state index contributed by atoms with van der Waals surface area (Å²) in [5.41, 5.74) is 2.39. The van der Waals surface area contributed by atoms with Gasteiger partial charge in [0.2, 0.25) is 0 Å². The first-order valence-corrected chi connectivity index (χ1v) is 14.1. The molecule has 0 saturated carbocycles. The van der Waals surface area contributed by atoms with E-state index in [1.54, 1.807) is 38.1 Å². The number of benzene rings is 2. The van der Waals surface area contributed by atoms with Crippen molar-refractivity contribution in [2.45, 2.75) is 39.7 Å². The summed E-state index contributed by atoms with van der Waals surface area (Å²) in [7, 11) is 0. The average molecular weight is 592 g/mol. The number of ether oxygens (including phenoxy) is 1. The number of halogens is 1. The van der Waals surface area contributed by atoms with Crippen molar-refractivity contribution in [3.8, 4) is 11.3 Å². The zero-order valence-electron chi connectivity index (χ0n) is 22.7. The maximum atomic E-state index is 13.8. The van der Waals surface area contributed by atoms with E-state index >= 15 is 0 Å². The van der Waals surface area contributed by atoms with Crippen LogP contribution in [0.15, 0.2) is 80.1 Å². The van der Waals surface area contributed by atoms with Gasteiger partial charge in [-0.2, -0.15) is 0 Å². The first-order valence-electron chi connectivity index (χ1n) is 12.9. The number of hydrogen-bond donors (Lipinski definition) is 0. The molecule has 1 unspecified atom stereocenters. The van der Waals surface area contributed by atoms with E-state index in [0.29, 0.717) is 32.3 Å². The molecule has 0 spiro atoms. The van der Waals surface area contributed by atoms with Crippen LogP contribution in [0, 0.1) is 10.1 Å². The number of allylic oxidation sites excluding steroid dienone is 1. The Hall–Kier alpha value is -4.28. The van der Waals surface area contributed by atoms with Crippen molar-refractivity contribution in [1.29, 1.82) is 0 Å². The lowest BCUT2D eigenvalue weighted by molar-refractivity contribution is -0.384. The summed E-state index contributed by atoms with van der Waals surface area (Å²) in [5, 5.41) is 11.8. The summed E-state index contributed by atoms with van der Waals surface area (Å²) in [4.78, 5) is 43.0. The van der Waals surface area contributed by atoms with Crippen LogP contribution in [-0.4, -0.2) is 22.1 Å². The summed E-state index contributed by atoms with van der Waals surface area (Å²) in [6.07, 6.45) is 1.57. The van der Waals surface area contributed by atoms with Gasteiger partial charge in [0.15, 0.2) is 4.80 Å². The van der Waals surface area contributed by atoms with E-state index in [0.717, 1.165) is 11.1 Å². The summed E-state index contributed by atoms with van der Waals surface area (Å²) < 4.78 is 13.1. The molecule has 0 radical (unpaired) electrons. The van der Waals surface area contributed by atoms with Gasteiger partial charge in [0, 0.05) is 17.2 Å². The number of fused-ring (bicyclic) bond motifs is 1. The van der Waals surface area contributed by atoms with Gasteiger partial charge in [-0.25, -0.2) is 9.79 Å². The minimum absolute atomic E-state index is 0.186. The van der Waals surface area contributed by atoms with Gasteiger partial charge in [-0.15, -0.1) is 0 Å². The van der Waals surface area contributed by atoms with Gasteiger partial charge < -0.3 is 9.15 Å². The lowest BCUT2D eigenvalue weighted by Gasteiger charge is -2.25. The highest BCUT2D eigenvalue weighted by atomic mass is 35.5. The Bertz CT molecular complexity index is 1880. The van der Waals surface area contributed by atoms with Gasteiger partial charge in [0.05, 0.1) is 38.9 Å². The second kappa shape index (κ2) is 11.3. The first-order chi connectivity index (χ1) is 19.6. The highest BCUT2D eigenvalue weighted by Crippen LogP contribution is 2.34. The number of carbonyl (C=O) groups excluding carboxylic acids is 1. The van der Waals surface area contributed by atoms with Gasteiger partial charge in [-0.1, -0.05) is 61.1 Å². The van der Waals surface area contributed by atoms with E-state index in [1.165, 1.54) is 28.0 Å². The Morgan fingerprint density at radius 1 is 1.22 bits per heavy atom. The van der Waals surface area contributed by atoms with Crippen LogP contribution in [0.5, 0.6) is 0 Å². The minimum Gasteiger partial charge on any atom is -0.463 e. The van der Waals surface area contributed by atoms with Crippen LogP contribution in [-0.2, 0) is 9.53 Å². The molecule has 0 saturated heterocycles. The Labute approximate surface area is 243 Å². The molecule has 11 heteroatoms. The van der Waals surface area contributed by atoms with E-state index in [4.69, 9.17) is 20.8 Å². The summed E-state index contributed by atoms with van der Waals surface area (Å²) in [6.45, 7) is 7.84. The third kappa shape index (κ3) is 5.40. The molecule has 0 bridgehead atoms. The van der Waals surface area contributed by atoms with Crippen LogP contribution in [0.1, 0.15) is 56.5 Å². The number of nitro groups is 1. The molecule has 1 aliphatic heterocycles. The zero-order valence-corrected chi connectivity index (χ0v) is 24.3. The van der Waals surface area contributed by atoms with E-state index in [-0.39, 0.29) is 34.2 Å². The molecule has 0 aliphatic carbocycles. The van der Waals surface area contributed by atoms with E-state index in [2.05, 4.69) is 18.8 Å². The highest BCUT2D eigenvalue weighted by molar-refractivity contribution is 7.07. The summed E-state index contributed by atoms with van der Waals surface area (Å²) in [6, 6.07) is 14.7. The second-order valence-electron chi connectivity index (χ2n) is 9.74. The van der Waals surface area contributed by atoms with Crippen LogP contribution < -0.4 is 14.9 Å². The minimum atomic E-state index is -0.724. The first kappa shape index (κ1) is 28.3. The molecule has 1 atom stereocenters. The molecule has 4 aromatic rings. The number of nitrogens with zero attached hydrogens (tertiary/aromatic N) is 3. The molecule has 3 heterocycles. The SMILES string of the molecule is CCOC(=O)C1=C(C)N=c2sc(=Cc3ccc(-c4ccc(Cl)cc4[N+](=O)[O-])o3)c(=O)n2C1c1ccc(C(C)C)cc1. The van der Waals surface area contributed by atoms with Gasteiger partial charge in [0.25, 0.3) is 11.2 Å². The van der Waals surface area contributed by atoms with Gasteiger partial charge in [-0.3, -0.25) is 19.5 Å². The van der Waals surface area contributed by atoms with Gasteiger partial charge in [0.1, 0.15) is 11.5 Å². The Morgan fingerprint density at radius 3 is 2.61 bits per heavy atom. The van der Waals surface area contributed by atoms with Crippen LogP contribution in [0.4, 0.5) is 5.69 Å². The average Bonchev–Trinajstić information content (AvgIpc) is 3.52. The van der Waals surface area contributed by atoms with E-state index in [1.807, 2.05) is 24.3 Å². The standard InChI is InChI=1S/C30H26ClN3O6S/c1-5-39-29(36)26-17(4)32-30-33(27(26)19-8-6-18(7-9-19)16(2)3)28(35)25(41-30)15-21-11-13-24(40-21)22-12-10-20(31)14-23(22)34(37)38/h6-16,27H,5H2,1-4H3. The molecule has 9 nitrogen and oxygen atoms in total. The normalized spacial score (nSPS) is 15.2. The monoisotopic (exact) mass is 591 g/mol. The quantitative estimate of drug-likeness (QED) is 0.154. The van der Waals surface area contributed by atoms with Crippen LogP contribution in [0.2, 0.25) is 5.02 Å². The zero-order chi connectivity index (χ0) is 29.4. The highest BCUT2D eigenvalue weighted by Gasteiger charge is 2.33. The fraction of sp³-hybridized carbons (Fsp3) is 0.233. The van der Waals surface area contributed by atoms with Crippen molar-refractivity contribution in [2.75, 3.05) is 6.61 Å². The predicted octanol–water partition coefficient (Wildman–Crippen LogP) is 5.74. The van der Waals surface area contributed by atoms with Gasteiger partial charge in [-0.05, 0) is 55.2 Å². The number of aromatic nitrogens is 1. The Kier molecular flexibility index (Phi) is 7.79. The maximum absolute atomic E-state index is 13.8. The number of nitro benzene ring substituents is 1. The molecular weight excluding hydrogens is 566 g/mol. The molecule has 2 aromatic carbocycles. The van der Waals surface area contributed by atoms with Crippen LogP contribution in [0.25, 0.3) is 17.4 Å². The fourth-order valence-electron chi connectivity index (χ4n) is 4.74. The van der Waals surface area contributed by atoms with Crippen LogP contribution in [0.3, 0.4) is 0 Å². The lowest BCUT2D eigenvalue weighted by Crippen LogP contribution is -2.39. The second-order valence-corrected chi connectivity index (χ2v) is 11.2. The molecule has 1 aliphatic rings. The molecule has 210 valence electrons. The van der Waals surface area contributed by atoms with E-state index in [9.17, 15) is 19.7 Å². The van der Waals surface area contributed by atoms with Crippen molar-refractivity contribution >= 4 is 40.7 Å². The number of furan rings is 1. The predicted molar refractivity (Wildman–Crippen MR) is 157 cm³/mol. The number of rotatable bonds is 7. The molecule has 41 heavy (non-hydrogen) atoms. The third-order valence-corrected chi connectivity index (χ3v) is 7.98. The third-order valence-electron chi connectivity index (χ3n) is 6.76. The number of thiazole rings is 1. The maximum Gasteiger partial charge on any atom is 0.338 e. The summed E-state index contributed by atoms with van der Waals surface area (Å²) >= 11 is 7.11. The van der Waals surface area contributed by atoms with Crippen LogP contribution >= 0.6 is 22.9 Å². The number of hydrogen-bond acceptors (Lipinski definition) is 8. The van der Waals surface area contributed by atoms with Crippen molar-refractivity contribution in [2.24, 2.45) is 4.99 Å². The van der Waals surface area contributed by atoms with Crippen molar-refractivity contribution in [1.82, 2.24) is 4.57 Å². The summed E-state index contributed by atoms with van der Waals surface area (Å²) in [5.74, 6) is 0.381. The largest absolute Gasteiger partial charge is 0.463 e. The smallest absolute Gasteiger partial charge is 0.338 e. The van der Waals surface area contributed by atoms with Crippen molar-refractivity contribution < 1.29 is 18.9 Å². The Balaban J connectivity index is 1.63. The molecule has 0 N–H and O–H groups in total. The molecule has 5 rings (SSSR count). The number of esters is 1.